The Morgan fingerprint density at radius 2 is 1.97 bits per heavy atom. The van der Waals surface area contributed by atoms with E-state index in [9.17, 15) is 9.90 Å². The molecule has 10 nitrogen and oxygen atoms in total. The van der Waals surface area contributed by atoms with Gasteiger partial charge in [-0.15, -0.1) is 0 Å². The Morgan fingerprint density at radius 1 is 1.29 bits per heavy atom. The summed E-state index contributed by atoms with van der Waals surface area (Å²) in [5.74, 6) is -0.980. The largest absolute Gasteiger partial charge is 0.460 e. The molecule has 3 rings (SSSR count). The number of piperidine rings is 1. The van der Waals surface area contributed by atoms with Crippen molar-refractivity contribution in [1.82, 2.24) is 9.97 Å². The van der Waals surface area contributed by atoms with Gasteiger partial charge in [0.1, 0.15) is 31.3 Å². The van der Waals surface area contributed by atoms with Crippen LogP contribution in [0.1, 0.15) is 38.7 Å². The van der Waals surface area contributed by atoms with Crippen LogP contribution in [0.2, 0.25) is 0 Å². The van der Waals surface area contributed by atoms with Crippen molar-refractivity contribution in [3.8, 4) is 11.1 Å². The fraction of sp³-hybridized carbons (Fsp3) is 0.458. The number of aliphatic hydroxyl groups is 1. The number of rotatable bonds is 10. The van der Waals surface area contributed by atoms with Gasteiger partial charge in [-0.05, 0) is 0 Å². The van der Waals surface area contributed by atoms with Gasteiger partial charge in [0.25, 0.3) is 0 Å². The van der Waals surface area contributed by atoms with E-state index in [1.165, 1.54) is 6.07 Å². The number of nitrogens with one attached hydrogen (secondary N) is 1. The van der Waals surface area contributed by atoms with Gasteiger partial charge in [0.2, 0.25) is 5.95 Å². The highest BCUT2D eigenvalue weighted by Crippen LogP contribution is 2.26. The summed E-state index contributed by atoms with van der Waals surface area (Å²) >= 11 is 0. The number of amidine groups is 1. The first kappa shape index (κ1) is 26.0. The minimum Gasteiger partial charge on any atom is -0.460 e. The van der Waals surface area contributed by atoms with Crippen LogP contribution in [0.15, 0.2) is 35.7 Å². The molecular formula is C24H31FN6O4. The highest BCUT2D eigenvalue weighted by atomic mass is 19.1. The van der Waals surface area contributed by atoms with E-state index in [0.717, 1.165) is 5.71 Å². The number of aromatic nitrogens is 2. The van der Waals surface area contributed by atoms with Crippen LogP contribution in [0.3, 0.4) is 0 Å². The van der Waals surface area contributed by atoms with Gasteiger partial charge in [0.05, 0.1) is 12.3 Å². The molecule has 1 saturated heterocycles. The zero-order chi connectivity index (χ0) is 25.4. The highest BCUT2D eigenvalue weighted by molar-refractivity contribution is 5.94. The van der Waals surface area contributed by atoms with Crippen LogP contribution in [-0.4, -0.2) is 58.9 Å². The zero-order valence-corrected chi connectivity index (χ0v) is 20.0. The second-order valence-electron chi connectivity index (χ2n) is 9.15. The van der Waals surface area contributed by atoms with E-state index in [1.54, 1.807) is 24.5 Å². The number of hydrogen-bond acceptors (Lipinski definition) is 9. The van der Waals surface area contributed by atoms with Crippen LogP contribution in [-0.2, 0) is 21.0 Å². The van der Waals surface area contributed by atoms with Crippen molar-refractivity contribution in [1.29, 1.82) is 5.41 Å². The van der Waals surface area contributed by atoms with Crippen molar-refractivity contribution in [3.05, 3.63) is 42.0 Å². The third-order valence-corrected chi connectivity index (χ3v) is 5.45. The normalized spacial score (nSPS) is 13.9. The van der Waals surface area contributed by atoms with Crippen LogP contribution < -0.4 is 10.6 Å². The predicted molar refractivity (Wildman–Crippen MR) is 129 cm³/mol. The molecule has 0 radical (unpaired) electrons. The van der Waals surface area contributed by atoms with Crippen LogP contribution in [0.25, 0.3) is 11.1 Å². The summed E-state index contributed by atoms with van der Waals surface area (Å²) in [6.45, 7) is 5.29. The topological polar surface area (TPSA) is 147 Å². The minimum absolute atomic E-state index is 0.0295. The van der Waals surface area contributed by atoms with Crippen LogP contribution in [0.4, 0.5) is 10.3 Å². The van der Waals surface area contributed by atoms with Crippen molar-refractivity contribution >= 4 is 23.5 Å². The molecule has 35 heavy (non-hydrogen) atoms. The average Bonchev–Trinajstić information content (AvgIpc) is 2.83. The smallest absolute Gasteiger partial charge is 0.313 e. The number of nitrogens with zero attached hydrogens (tertiary/aromatic N) is 4. The summed E-state index contributed by atoms with van der Waals surface area (Å²) in [4.78, 5) is 27.9. The number of esters is 1. The Kier molecular flexibility index (Phi) is 8.69. The Balaban J connectivity index is 1.59. The summed E-state index contributed by atoms with van der Waals surface area (Å²) < 4.78 is 20.0. The van der Waals surface area contributed by atoms with Crippen LogP contribution in [0.5, 0.6) is 0 Å². The van der Waals surface area contributed by atoms with Gasteiger partial charge in [-0.3, -0.25) is 10.2 Å². The molecule has 0 atom stereocenters. The first-order chi connectivity index (χ1) is 16.7. The third kappa shape index (κ3) is 7.44. The molecule has 1 aromatic heterocycles. The van der Waals surface area contributed by atoms with Gasteiger partial charge in [-0.2, -0.15) is 0 Å². The van der Waals surface area contributed by atoms with E-state index in [0.29, 0.717) is 49.6 Å². The number of nitrogens with two attached hydrogens (primary N) is 1. The number of halogens is 1. The molecular weight excluding hydrogens is 455 g/mol. The standard InChI is InChI=1S/C24H31FN6O4/c1-24(2,14-32)15-35-30-18-6-8-31(9-7-18)23-28-11-17(12-29-23)19-5-3-4-16(22(19)25)13-34-21(33)10-20(26)27/h3-5,11-12,32H,6-10,13-15H2,1-2H3,(H3,26,27). The first-order valence-electron chi connectivity index (χ1n) is 11.3. The molecule has 0 spiro atoms. The number of anilines is 1. The molecule has 2 aromatic rings. The number of benzene rings is 1. The third-order valence-electron chi connectivity index (χ3n) is 5.45. The fourth-order valence-corrected chi connectivity index (χ4v) is 3.30. The quantitative estimate of drug-likeness (QED) is 0.201. The Labute approximate surface area is 203 Å². The van der Waals surface area contributed by atoms with Gasteiger partial charge >= 0.3 is 5.97 Å². The van der Waals surface area contributed by atoms with Crippen molar-refractivity contribution in [3.63, 3.8) is 0 Å². The minimum atomic E-state index is -0.690. The molecule has 188 valence electrons. The average molecular weight is 487 g/mol. The molecule has 1 fully saturated rings. The van der Waals surface area contributed by atoms with Gasteiger partial charge in [-0.25, -0.2) is 14.4 Å². The molecule has 0 amide bonds. The van der Waals surface area contributed by atoms with E-state index in [2.05, 4.69) is 15.1 Å². The fourth-order valence-electron chi connectivity index (χ4n) is 3.30. The maximum absolute atomic E-state index is 15.0. The van der Waals surface area contributed by atoms with Gasteiger partial charge < -0.3 is 25.3 Å². The molecule has 0 unspecified atom stereocenters. The van der Waals surface area contributed by atoms with Crippen LogP contribution in [0, 0.1) is 16.6 Å². The summed E-state index contributed by atoms with van der Waals surface area (Å²) in [5, 5.41) is 20.6. The molecule has 0 saturated carbocycles. The summed E-state index contributed by atoms with van der Waals surface area (Å²) in [6, 6.07) is 4.79. The lowest BCUT2D eigenvalue weighted by Crippen LogP contribution is -2.35. The lowest BCUT2D eigenvalue weighted by Gasteiger charge is -2.27. The van der Waals surface area contributed by atoms with Crippen molar-refractivity contribution < 1.29 is 23.9 Å². The summed E-state index contributed by atoms with van der Waals surface area (Å²) in [7, 11) is 0. The number of carbonyl (C=O) groups is 1. The van der Waals surface area contributed by atoms with Crippen molar-refractivity contribution in [2.45, 2.75) is 39.7 Å². The number of carbonyl (C=O) groups excluding carboxylic acids is 1. The Morgan fingerprint density at radius 3 is 2.60 bits per heavy atom. The zero-order valence-electron chi connectivity index (χ0n) is 20.0. The predicted octanol–water partition coefficient (Wildman–Crippen LogP) is 2.64. The summed E-state index contributed by atoms with van der Waals surface area (Å²) in [5.41, 5.74) is 6.80. The van der Waals surface area contributed by atoms with Gasteiger partial charge in [-0.1, -0.05) is 37.2 Å². The molecule has 0 bridgehead atoms. The SMILES string of the molecule is CC(C)(CO)CON=C1CCN(c2ncc(-c3cccc(COC(=O)CC(=N)N)c3F)cn2)CC1. The maximum atomic E-state index is 15.0. The Hall–Kier alpha value is -3.60. The molecule has 11 heteroatoms. The number of ether oxygens (including phenoxy) is 1. The van der Waals surface area contributed by atoms with Gasteiger partial charge in [0.15, 0.2) is 0 Å². The molecule has 1 aliphatic heterocycles. The second-order valence-corrected chi connectivity index (χ2v) is 9.15. The maximum Gasteiger partial charge on any atom is 0.313 e. The molecule has 1 aromatic carbocycles. The van der Waals surface area contributed by atoms with E-state index in [1.807, 2.05) is 18.7 Å². The number of hydrogen-bond donors (Lipinski definition) is 3. The van der Waals surface area contributed by atoms with Crippen molar-refractivity contribution in [2.75, 3.05) is 31.2 Å². The monoisotopic (exact) mass is 486 g/mol. The number of aliphatic hydroxyl groups excluding tert-OH is 1. The lowest BCUT2D eigenvalue weighted by atomic mass is 9.97. The summed E-state index contributed by atoms with van der Waals surface area (Å²) in [6.07, 6.45) is 4.22. The van der Waals surface area contributed by atoms with E-state index < -0.39 is 11.8 Å². The van der Waals surface area contributed by atoms with E-state index in [4.69, 9.17) is 20.7 Å². The number of oxime groups is 1. The molecule has 2 heterocycles. The Bertz CT molecular complexity index is 1060. The van der Waals surface area contributed by atoms with E-state index in [-0.39, 0.29) is 36.4 Å². The van der Waals surface area contributed by atoms with E-state index >= 15 is 4.39 Å². The first-order valence-corrected chi connectivity index (χ1v) is 11.3. The van der Waals surface area contributed by atoms with Gasteiger partial charge in [0, 0.05) is 60.4 Å². The highest BCUT2D eigenvalue weighted by Gasteiger charge is 2.21. The van der Waals surface area contributed by atoms with Crippen LogP contribution >= 0.6 is 0 Å². The second kappa shape index (κ2) is 11.7. The lowest BCUT2D eigenvalue weighted by molar-refractivity contribution is -0.143. The molecule has 0 aliphatic carbocycles. The van der Waals surface area contributed by atoms with Crippen molar-refractivity contribution in [2.24, 2.45) is 16.3 Å². The molecule has 1 aliphatic rings. The molecule has 4 N–H and O–H groups in total.